The number of nitrogens with one attached hydrogen (secondary N) is 1. The number of urea groups is 1. The molecule has 0 saturated carbocycles. The summed E-state index contributed by atoms with van der Waals surface area (Å²) in [6, 6.07) is 7.68. The maximum Gasteiger partial charge on any atom is 0.321 e. The highest BCUT2D eigenvalue weighted by Gasteiger charge is 2.21. The van der Waals surface area contributed by atoms with Crippen LogP contribution < -0.4 is 5.32 Å². The number of anilines is 1. The molecule has 0 heterocycles. The molecular weight excluding hydrogens is 252 g/mol. The van der Waals surface area contributed by atoms with E-state index in [-0.39, 0.29) is 6.03 Å². The van der Waals surface area contributed by atoms with Crippen molar-refractivity contribution in [2.45, 2.75) is 46.1 Å². The lowest BCUT2D eigenvalue weighted by Crippen LogP contribution is -2.44. The minimum absolute atomic E-state index is 0.168. The van der Waals surface area contributed by atoms with Gasteiger partial charge in [-0.15, -0.1) is 0 Å². The lowest BCUT2D eigenvalue weighted by atomic mass is 10.1. The van der Waals surface area contributed by atoms with E-state index in [4.69, 9.17) is 0 Å². The van der Waals surface area contributed by atoms with E-state index >= 15 is 0 Å². The van der Waals surface area contributed by atoms with Gasteiger partial charge in [-0.2, -0.15) is 0 Å². The van der Waals surface area contributed by atoms with Crippen molar-refractivity contribution in [2.24, 2.45) is 0 Å². The normalized spacial score (nSPS) is 11.2. The number of para-hydroxylation sites is 1. The molecule has 4 heteroatoms. The van der Waals surface area contributed by atoms with Crippen LogP contribution in [0.4, 0.5) is 10.5 Å². The average molecular weight is 278 g/mol. The number of carbonyl (C=O) groups is 1. The van der Waals surface area contributed by atoms with E-state index in [1.807, 2.05) is 31.2 Å². The van der Waals surface area contributed by atoms with E-state index in [1.54, 1.807) is 18.7 Å². The lowest BCUT2D eigenvalue weighted by Gasteiger charge is -2.28. The number of carbonyl (C=O) groups excluding carboxylic acids is 1. The maximum absolute atomic E-state index is 12.3. The summed E-state index contributed by atoms with van der Waals surface area (Å²) in [7, 11) is 0. The molecule has 4 nitrogen and oxygen atoms in total. The summed E-state index contributed by atoms with van der Waals surface area (Å²) in [6.45, 7) is 8.30. The molecule has 0 aliphatic heterocycles. The molecule has 0 fully saturated rings. The molecular formula is C16H26N2O2. The third kappa shape index (κ3) is 5.21. The second kappa shape index (κ2) is 7.29. The SMILES string of the molecule is CCCc1ccccc1NC(=O)N(CC)CC(C)(C)O. The Morgan fingerprint density at radius 3 is 2.50 bits per heavy atom. The van der Waals surface area contributed by atoms with Gasteiger partial charge in [-0.3, -0.25) is 0 Å². The quantitative estimate of drug-likeness (QED) is 0.839. The summed E-state index contributed by atoms with van der Waals surface area (Å²) in [5, 5.41) is 12.8. The van der Waals surface area contributed by atoms with Crippen LogP contribution >= 0.6 is 0 Å². The Hall–Kier alpha value is -1.55. The first-order chi connectivity index (χ1) is 9.37. The van der Waals surface area contributed by atoms with Crippen LogP contribution in [0.5, 0.6) is 0 Å². The first kappa shape index (κ1) is 16.5. The summed E-state index contributed by atoms with van der Waals surface area (Å²) < 4.78 is 0. The molecule has 0 unspecified atom stereocenters. The zero-order valence-electron chi connectivity index (χ0n) is 12.9. The van der Waals surface area contributed by atoms with Crippen LogP contribution in [-0.4, -0.2) is 34.7 Å². The molecule has 2 N–H and O–H groups in total. The maximum atomic E-state index is 12.3. The van der Waals surface area contributed by atoms with Crippen LogP contribution in [-0.2, 0) is 6.42 Å². The minimum Gasteiger partial charge on any atom is -0.389 e. The minimum atomic E-state index is -0.893. The molecule has 0 saturated heterocycles. The van der Waals surface area contributed by atoms with Gasteiger partial charge in [0.1, 0.15) is 0 Å². The van der Waals surface area contributed by atoms with Crippen LogP contribution in [0.2, 0.25) is 0 Å². The average Bonchev–Trinajstić information content (AvgIpc) is 2.37. The first-order valence-electron chi connectivity index (χ1n) is 7.23. The molecule has 0 aliphatic carbocycles. The van der Waals surface area contributed by atoms with Crippen molar-refractivity contribution >= 4 is 11.7 Å². The molecule has 1 rings (SSSR count). The molecule has 1 aromatic carbocycles. The van der Waals surface area contributed by atoms with Crippen molar-refractivity contribution in [2.75, 3.05) is 18.4 Å². The molecule has 2 amide bonds. The van der Waals surface area contributed by atoms with Crippen LogP contribution in [0.3, 0.4) is 0 Å². The predicted octanol–water partition coefficient (Wildman–Crippen LogP) is 3.26. The molecule has 0 atom stereocenters. The fourth-order valence-electron chi connectivity index (χ4n) is 2.12. The number of rotatable bonds is 6. The lowest BCUT2D eigenvalue weighted by molar-refractivity contribution is 0.0501. The topological polar surface area (TPSA) is 52.6 Å². The molecule has 0 bridgehead atoms. The Labute approximate surface area is 121 Å². The standard InChI is InChI=1S/C16H26N2O2/c1-5-9-13-10-7-8-11-14(13)17-15(19)18(6-2)12-16(3,4)20/h7-8,10-11,20H,5-6,9,12H2,1-4H3,(H,17,19). The van der Waals surface area contributed by atoms with Gasteiger partial charge >= 0.3 is 6.03 Å². The van der Waals surface area contributed by atoms with Crippen molar-refractivity contribution in [3.63, 3.8) is 0 Å². The molecule has 1 aromatic rings. The zero-order valence-corrected chi connectivity index (χ0v) is 12.9. The number of aliphatic hydroxyl groups is 1. The van der Waals surface area contributed by atoms with Gasteiger partial charge in [0.05, 0.1) is 12.1 Å². The Morgan fingerprint density at radius 1 is 1.30 bits per heavy atom. The number of hydrogen-bond donors (Lipinski definition) is 2. The highest BCUT2D eigenvalue weighted by molar-refractivity contribution is 5.90. The van der Waals surface area contributed by atoms with Crippen LogP contribution in [0, 0.1) is 0 Å². The number of amides is 2. The fourth-order valence-corrected chi connectivity index (χ4v) is 2.12. The summed E-state index contributed by atoms with van der Waals surface area (Å²) in [5.41, 5.74) is 1.10. The van der Waals surface area contributed by atoms with Crippen LogP contribution in [0.15, 0.2) is 24.3 Å². The van der Waals surface area contributed by atoms with E-state index in [2.05, 4.69) is 12.2 Å². The van der Waals surface area contributed by atoms with Crippen molar-refractivity contribution in [3.8, 4) is 0 Å². The third-order valence-electron chi connectivity index (χ3n) is 3.03. The third-order valence-corrected chi connectivity index (χ3v) is 3.03. The van der Waals surface area contributed by atoms with E-state index < -0.39 is 5.60 Å². The monoisotopic (exact) mass is 278 g/mol. The van der Waals surface area contributed by atoms with E-state index in [1.165, 1.54) is 0 Å². The van der Waals surface area contributed by atoms with Gasteiger partial charge in [-0.05, 0) is 38.8 Å². The predicted molar refractivity (Wildman–Crippen MR) is 83.0 cm³/mol. The first-order valence-corrected chi connectivity index (χ1v) is 7.23. The summed E-state index contributed by atoms with van der Waals surface area (Å²) in [4.78, 5) is 13.9. The second-order valence-electron chi connectivity index (χ2n) is 5.66. The van der Waals surface area contributed by atoms with Crippen LogP contribution in [0.25, 0.3) is 0 Å². The number of aryl methyl sites for hydroxylation is 1. The van der Waals surface area contributed by atoms with Crippen molar-refractivity contribution in [3.05, 3.63) is 29.8 Å². The Kier molecular flexibility index (Phi) is 6.02. The number of nitrogens with zero attached hydrogens (tertiary/aromatic N) is 1. The van der Waals surface area contributed by atoms with Gasteiger partial charge in [-0.1, -0.05) is 31.5 Å². The van der Waals surface area contributed by atoms with Crippen molar-refractivity contribution in [1.82, 2.24) is 4.90 Å². The van der Waals surface area contributed by atoms with Gasteiger partial charge < -0.3 is 15.3 Å². The highest BCUT2D eigenvalue weighted by atomic mass is 16.3. The number of hydrogen-bond acceptors (Lipinski definition) is 2. The number of likely N-dealkylation sites (N-methyl/N-ethyl adjacent to an activating group) is 1. The van der Waals surface area contributed by atoms with Gasteiger partial charge in [0.25, 0.3) is 0 Å². The Bertz CT molecular complexity index is 438. The second-order valence-corrected chi connectivity index (χ2v) is 5.66. The fraction of sp³-hybridized carbons (Fsp3) is 0.562. The molecule has 0 radical (unpaired) electrons. The van der Waals surface area contributed by atoms with Gasteiger partial charge in [0.15, 0.2) is 0 Å². The smallest absolute Gasteiger partial charge is 0.321 e. The Balaban J connectivity index is 2.78. The summed E-state index contributed by atoms with van der Waals surface area (Å²) in [6.07, 6.45) is 1.97. The zero-order chi connectivity index (χ0) is 15.2. The number of benzene rings is 1. The van der Waals surface area contributed by atoms with Crippen molar-refractivity contribution in [1.29, 1.82) is 0 Å². The van der Waals surface area contributed by atoms with Crippen LogP contribution in [0.1, 0.15) is 39.7 Å². The molecule has 0 aromatic heterocycles. The van der Waals surface area contributed by atoms with E-state index in [0.29, 0.717) is 13.1 Å². The van der Waals surface area contributed by atoms with Crippen molar-refractivity contribution < 1.29 is 9.90 Å². The molecule has 112 valence electrons. The molecule has 20 heavy (non-hydrogen) atoms. The van der Waals surface area contributed by atoms with Gasteiger partial charge in [0.2, 0.25) is 0 Å². The summed E-state index contributed by atoms with van der Waals surface area (Å²) in [5.74, 6) is 0. The molecule has 0 aliphatic rings. The van der Waals surface area contributed by atoms with E-state index in [0.717, 1.165) is 24.1 Å². The Morgan fingerprint density at radius 2 is 1.95 bits per heavy atom. The summed E-state index contributed by atoms with van der Waals surface area (Å²) >= 11 is 0. The highest BCUT2D eigenvalue weighted by Crippen LogP contribution is 2.17. The van der Waals surface area contributed by atoms with Gasteiger partial charge in [-0.25, -0.2) is 4.79 Å². The van der Waals surface area contributed by atoms with E-state index in [9.17, 15) is 9.90 Å². The van der Waals surface area contributed by atoms with Gasteiger partial charge in [0, 0.05) is 12.2 Å². The molecule has 0 spiro atoms. The largest absolute Gasteiger partial charge is 0.389 e.